The second-order valence-electron chi connectivity index (χ2n) is 4.27. The number of benzene rings is 1. The molecule has 1 aromatic heterocycles. The van der Waals surface area contributed by atoms with E-state index in [-0.39, 0.29) is 18.4 Å². The van der Waals surface area contributed by atoms with Crippen LogP contribution in [0.5, 0.6) is 0 Å². The Morgan fingerprint density at radius 1 is 1.25 bits per heavy atom. The molecule has 0 aliphatic carbocycles. The van der Waals surface area contributed by atoms with Crippen molar-refractivity contribution in [2.45, 2.75) is 20.4 Å². The molecule has 2 rings (SSSR count). The van der Waals surface area contributed by atoms with Gasteiger partial charge in [0.2, 0.25) is 11.9 Å². The van der Waals surface area contributed by atoms with Crippen LogP contribution in [0.3, 0.4) is 0 Å². The summed E-state index contributed by atoms with van der Waals surface area (Å²) in [5.74, 6) is -0.00470. The van der Waals surface area contributed by atoms with E-state index in [0.29, 0.717) is 12.5 Å². The Kier molecular flexibility index (Phi) is 4.19. The highest BCUT2D eigenvalue weighted by atomic mass is 16.2. The van der Waals surface area contributed by atoms with Crippen molar-refractivity contribution in [3.63, 3.8) is 0 Å². The number of hydrogen-bond acceptors (Lipinski definition) is 4. The third-order valence-corrected chi connectivity index (χ3v) is 2.67. The molecule has 7 nitrogen and oxygen atoms in total. The van der Waals surface area contributed by atoms with Crippen LogP contribution in [0.1, 0.15) is 13.8 Å². The van der Waals surface area contributed by atoms with Gasteiger partial charge in [0.1, 0.15) is 6.54 Å². The zero-order valence-electron chi connectivity index (χ0n) is 11.4. The fourth-order valence-corrected chi connectivity index (χ4v) is 1.87. The maximum absolute atomic E-state index is 11.8. The van der Waals surface area contributed by atoms with Crippen molar-refractivity contribution in [2.24, 2.45) is 0 Å². The largest absolute Gasteiger partial charge is 0.356 e. The van der Waals surface area contributed by atoms with Gasteiger partial charge in [-0.2, -0.15) is 0 Å². The smallest absolute Gasteiger partial charge is 0.258 e. The lowest BCUT2D eigenvalue weighted by Gasteiger charge is -2.10. The van der Waals surface area contributed by atoms with E-state index in [1.165, 1.54) is 6.92 Å². The van der Waals surface area contributed by atoms with Gasteiger partial charge in [-0.3, -0.25) is 20.4 Å². The number of carbonyl (C=O) groups excluding carboxylic acids is 2. The average Bonchev–Trinajstić information content (AvgIpc) is 2.75. The molecule has 3 N–H and O–H groups in total. The molecular weight excluding hydrogens is 258 g/mol. The fourth-order valence-electron chi connectivity index (χ4n) is 1.87. The second-order valence-corrected chi connectivity index (χ2v) is 4.27. The van der Waals surface area contributed by atoms with Gasteiger partial charge in [0.15, 0.2) is 0 Å². The standard InChI is InChI=1S/C13H17N5O2/c1-3-14-13-15-10-6-4-5-7-11(10)18(13)8-12(20)17-16-9(2)19/h4-7H,3,8H2,1-2H3,(H,14,15)(H,16,19)(H,17,20). The molecular formula is C13H17N5O2. The van der Waals surface area contributed by atoms with Crippen molar-refractivity contribution >= 4 is 28.8 Å². The molecule has 7 heteroatoms. The number of hydrogen-bond donors (Lipinski definition) is 3. The van der Waals surface area contributed by atoms with Gasteiger partial charge in [0, 0.05) is 13.5 Å². The minimum atomic E-state index is -0.319. The predicted octanol–water partition coefficient (Wildman–Crippen LogP) is 0.635. The van der Waals surface area contributed by atoms with Gasteiger partial charge < -0.3 is 9.88 Å². The van der Waals surface area contributed by atoms with E-state index in [4.69, 9.17) is 0 Å². The summed E-state index contributed by atoms with van der Waals surface area (Å²) in [5.41, 5.74) is 6.28. The first kappa shape index (κ1) is 13.9. The van der Waals surface area contributed by atoms with Crippen molar-refractivity contribution in [1.82, 2.24) is 20.4 Å². The van der Waals surface area contributed by atoms with E-state index >= 15 is 0 Å². The highest BCUT2D eigenvalue weighted by Gasteiger charge is 2.12. The number of imidazole rings is 1. The normalized spacial score (nSPS) is 10.3. The van der Waals surface area contributed by atoms with Crippen molar-refractivity contribution in [1.29, 1.82) is 0 Å². The molecule has 0 saturated heterocycles. The van der Waals surface area contributed by atoms with E-state index in [9.17, 15) is 9.59 Å². The second kappa shape index (κ2) is 6.05. The summed E-state index contributed by atoms with van der Waals surface area (Å²) < 4.78 is 1.77. The minimum Gasteiger partial charge on any atom is -0.356 e. The maximum atomic E-state index is 11.8. The average molecular weight is 275 g/mol. The number of nitrogens with one attached hydrogen (secondary N) is 3. The summed E-state index contributed by atoms with van der Waals surface area (Å²) in [6.07, 6.45) is 0. The number of rotatable bonds is 4. The molecule has 0 atom stereocenters. The number of nitrogens with zero attached hydrogens (tertiary/aromatic N) is 2. The van der Waals surface area contributed by atoms with Crippen LogP contribution in [0.4, 0.5) is 5.95 Å². The molecule has 1 heterocycles. The van der Waals surface area contributed by atoms with E-state index < -0.39 is 0 Å². The van der Waals surface area contributed by atoms with Gasteiger partial charge in [-0.05, 0) is 19.1 Å². The van der Waals surface area contributed by atoms with Crippen molar-refractivity contribution in [2.75, 3.05) is 11.9 Å². The van der Waals surface area contributed by atoms with Crippen LogP contribution in [-0.4, -0.2) is 27.9 Å². The van der Waals surface area contributed by atoms with Crippen LogP contribution in [0.25, 0.3) is 11.0 Å². The molecule has 20 heavy (non-hydrogen) atoms. The van der Waals surface area contributed by atoms with Crippen LogP contribution in [0.15, 0.2) is 24.3 Å². The van der Waals surface area contributed by atoms with Gasteiger partial charge in [-0.15, -0.1) is 0 Å². The molecule has 2 aromatic rings. The topological polar surface area (TPSA) is 88.1 Å². The van der Waals surface area contributed by atoms with E-state index in [1.54, 1.807) is 4.57 Å². The Morgan fingerprint density at radius 2 is 2.00 bits per heavy atom. The first-order chi connectivity index (χ1) is 9.61. The lowest BCUT2D eigenvalue weighted by molar-refractivity contribution is -0.128. The quantitative estimate of drug-likeness (QED) is 0.714. The first-order valence-electron chi connectivity index (χ1n) is 6.36. The SMILES string of the molecule is CCNc1nc2ccccc2n1CC(=O)NNC(C)=O. The molecule has 0 spiro atoms. The lowest BCUT2D eigenvalue weighted by atomic mass is 10.3. The van der Waals surface area contributed by atoms with Crippen LogP contribution in [0.2, 0.25) is 0 Å². The van der Waals surface area contributed by atoms with Crippen molar-refractivity contribution < 1.29 is 9.59 Å². The van der Waals surface area contributed by atoms with Crippen LogP contribution in [-0.2, 0) is 16.1 Å². The summed E-state index contributed by atoms with van der Waals surface area (Å²) in [4.78, 5) is 27.0. The monoisotopic (exact) mass is 275 g/mol. The number of anilines is 1. The number of carbonyl (C=O) groups is 2. The van der Waals surface area contributed by atoms with E-state index in [0.717, 1.165) is 11.0 Å². The third kappa shape index (κ3) is 3.05. The summed E-state index contributed by atoms with van der Waals surface area (Å²) in [7, 11) is 0. The van der Waals surface area contributed by atoms with Crippen LogP contribution >= 0.6 is 0 Å². The van der Waals surface area contributed by atoms with Gasteiger partial charge >= 0.3 is 0 Å². The Labute approximate surface area is 116 Å². The highest BCUT2D eigenvalue weighted by molar-refractivity contribution is 5.84. The van der Waals surface area contributed by atoms with Crippen molar-refractivity contribution in [3.05, 3.63) is 24.3 Å². The highest BCUT2D eigenvalue weighted by Crippen LogP contribution is 2.19. The van der Waals surface area contributed by atoms with Gasteiger partial charge in [0.05, 0.1) is 11.0 Å². The summed E-state index contributed by atoms with van der Waals surface area (Å²) in [5, 5.41) is 3.12. The molecule has 0 saturated carbocycles. The summed E-state index contributed by atoms with van der Waals surface area (Å²) in [6.45, 7) is 4.07. The zero-order chi connectivity index (χ0) is 14.5. The Hall–Kier alpha value is -2.57. The fraction of sp³-hybridized carbons (Fsp3) is 0.308. The van der Waals surface area contributed by atoms with Crippen LogP contribution < -0.4 is 16.2 Å². The van der Waals surface area contributed by atoms with Gasteiger partial charge in [-0.1, -0.05) is 12.1 Å². The van der Waals surface area contributed by atoms with Crippen molar-refractivity contribution in [3.8, 4) is 0 Å². The maximum Gasteiger partial charge on any atom is 0.258 e. The van der Waals surface area contributed by atoms with Gasteiger partial charge in [-0.25, -0.2) is 4.98 Å². The van der Waals surface area contributed by atoms with E-state index in [2.05, 4.69) is 21.2 Å². The molecule has 1 aromatic carbocycles. The number of fused-ring (bicyclic) bond motifs is 1. The number of aromatic nitrogens is 2. The molecule has 0 unspecified atom stereocenters. The summed E-state index contributed by atoms with van der Waals surface area (Å²) in [6, 6.07) is 7.57. The molecule has 0 aliphatic heterocycles. The molecule has 0 aliphatic rings. The summed E-state index contributed by atoms with van der Waals surface area (Å²) >= 11 is 0. The molecule has 106 valence electrons. The Balaban J connectivity index is 2.24. The van der Waals surface area contributed by atoms with Crippen LogP contribution in [0, 0.1) is 0 Å². The lowest BCUT2D eigenvalue weighted by Crippen LogP contribution is -2.42. The molecule has 0 fully saturated rings. The Morgan fingerprint density at radius 3 is 2.70 bits per heavy atom. The van der Waals surface area contributed by atoms with E-state index in [1.807, 2.05) is 31.2 Å². The Bertz CT molecular complexity index is 635. The zero-order valence-corrected chi connectivity index (χ0v) is 11.4. The number of hydrazine groups is 1. The third-order valence-electron chi connectivity index (χ3n) is 2.67. The predicted molar refractivity (Wildman–Crippen MR) is 75.9 cm³/mol. The number of para-hydroxylation sites is 2. The molecule has 2 amide bonds. The first-order valence-corrected chi connectivity index (χ1v) is 6.36. The molecule has 0 bridgehead atoms. The molecule has 0 radical (unpaired) electrons. The minimum absolute atomic E-state index is 0.0725. The number of amides is 2. The van der Waals surface area contributed by atoms with Gasteiger partial charge in [0.25, 0.3) is 5.91 Å².